The summed E-state index contributed by atoms with van der Waals surface area (Å²) in [5, 5.41) is 21.7. The van der Waals surface area contributed by atoms with Gasteiger partial charge in [0.15, 0.2) is 0 Å². The molecule has 5 N–H and O–H groups in total. The van der Waals surface area contributed by atoms with Crippen molar-refractivity contribution in [3.05, 3.63) is 79.4 Å². The van der Waals surface area contributed by atoms with Crippen molar-refractivity contribution in [3.63, 3.8) is 0 Å². The quantitative estimate of drug-likeness (QED) is 0.149. The van der Waals surface area contributed by atoms with Crippen LogP contribution in [-0.2, 0) is 19.2 Å². The molecule has 3 unspecified atom stereocenters. The van der Waals surface area contributed by atoms with Crippen molar-refractivity contribution in [1.29, 1.82) is 0 Å². The number of carboxylic acid groups (broad SMARTS) is 1. The number of carbonyl (C=O) groups is 5. The molecular formula is C42H50N6O8. The van der Waals surface area contributed by atoms with E-state index in [2.05, 4.69) is 34.4 Å². The fourth-order valence-electron chi connectivity index (χ4n) is 7.88. The van der Waals surface area contributed by atoms with E-state index in [1.165, 1.54) is 18.0 Å². The van der Waals surface area contributed by atoms with Crippen LogP contribution in [0.5, 0.6) is 11.5 Å². The molecule has 3 aromatic rings. The maximum atomic E-state index is 14.3. The first-order valence-electron chi connectivity index (χ1n) is 19.0. The third-order valence-corrected chi connectivity index (χ3v) is 11.2. The second kappa shape index (κ2) is 16.8. The number of rotatable bonds is 14. The highest BCUT2D eigenvalue weighted by Crippen LogP contribution is 2.45. The maximum Gasteiger partial charge on any atom is 0.330 e. The van der Waals surface area contributed by atoms with Gasteiger partial charge in [-0.3, -0.25) is 14.4 Å². The van der Waals surface area contributed by atoms with Crippen LogP contribution in [0.2, 0.25) is 0 Å². The van der Waals surface area contributed by atoms with E-state index in [-0.39, 0.29) is 31.2 Å². The fourth-order valence-corrected chi connectivity index (χ4v) is 7.88. The van der Waals surface area contributed by atoms with E-state index in [0.717, 1.165) is 37.7 Å². The number of carboxylic acids is 1. The van der Waals surface area contributed by atoms with Gasteiger partial charge in [-0.1, -0.05) is 62.2 Å². The Bertz CT molecular complexity index is 2020. The highest BCUT2D eigenvalue weighted by Gasteiger charge is 2.61. The number of likely N-dealkylation sites (tertiary alicyclic amines) is 1. The van der Waals surface area contributed by atoms with Crippen molar-refractivity contribution in [2.45, 2.75) is 81.6 Å². The van der Waals surface area contributed by atoms with E-state index in [9.17, 15) is 29.1 Å². The predicted octanol–water partition coefficient (Wildman–Crippen LogP) is 4.34. The molecule has 14 nitrogen and oxygen atoms in total. The number of nitrogens with one attached hydrogen (secondary N) is 4. The molecule has 0 bridgehead atoms. The highest BCUT2D eigenvalue weighted by molar-refractivity contribution is 5.97. The molecule has 2 aliphatic carbocycles. The van der Waals surface area contributed by atoms with Crippen LogP contribution in [0.1, 0.15) is 51.9 Å². The lowest BCUT2D eigenvalue weighted by Crippen LogP contribution is -2.59. The molecule has 1 aliphatic heterocycles. The van der Waals surface area contributed by atoms with Gasteiger partial charge in [-0.15, -0.1) is 6.58 Å². The van der Waals surface area contributed by atoms with Crippen LogP contribution in [0.25, 0.3) is 22.2 Å². The zero-order valence-corrected chi connectivity index (χ0v) is 32.0. The van der Waals surface area contributed by atoms with Gasteiger partial charge in [0.2, 0.25) is 17.7 Å². The number of hydrogen-bond acceptors (Lipinski definition) is 8. The number of pyridine rings is 1. The van der Waals surface area contributed by atoms with Gasteiger partial charge in [-0.05, 0) is 49.8 Å². The van der Waals surface area contributed by atoms with Crippen molar-refractivity contribution >= 4 is 40.6 Å². The van der Waals surface area contributed by atoms with Gasteiger partial charge in [0.1, 0.15) is 41.3 Å². The summed E-state index contributed by atoms with van der Waals surface area (Å²) in [6, 6.07) is 12.8. The number of likely N-dealkylation sites (N-methyl/N-ethyl adjacent to an activating group) is 1. The minimum absolute atomic E-state index is 0.0122. The number of ether oxygens (including phenoxy) is 2. The first-order chi connectivity index (χ1) is 26.9. The molecule has 2 saturated carbocycles. The average molecular weight is 767 g/mol. The second-order valence-corrected chi connectivity index (χ2v) is 14.9. The molecule has 1 aromatic heterocycles. The zero-order valence-electron chi connectivity index (χ0n) is 32.0. The first kappa shape index (κ1) is 39.8. The van der Waals surface area contributed by atoms with E-state index >= 15 is 0 Å². The van der Waals surface area contributed by atoms with Crippen LogP contribution in [0.15, 0.2) is 79.4 Å². The Morgan fingerprint density at radius 3 is 2.38 bits per heavy atom. The molecular weight excluding hydrogens is 716 g/mol. The fraction of sp³-hybridized carbons (Fsp3) is 0.429. The SMILES string of the molecule is C=CC1CC1(NC(=O)N1C[C@@H](Oc2cc(-c3ccccc3)nc3cc(OC)ccc23)C[C@H]1C(=O)NC(C(=C)C)C(=O)N[C@H](C(=O)NC)C1CCCCC1)C(=O)O. The summed E-state index contributed by atoms with van der Waals surface area (Å²) in [6.45, 7) is 9.17. The van der Waals surface area contributed by atoms with Crippen LogP contribution < -0.4 is 30.7 Å². The van der Waals surface area contributed by atoms with Crippen LogP contribution >= 0.6 is 0 Å². The van der Waals surface area contributed by atoms with Crippen molar-refractivity contribution in [2.24, 2.45) is 11.8 Å². The normalized spacial score (nSPS) is 22.9. The van der Waals surface area contributed by atoms with Crippen LogP contribution in [0, 0.1) is 11.8 Å². The third-order valence-electron chi connectivity index (χ3n) is 11.2. The molecule has 3 aliphatic rings. The van der Waals surface area contributed by atoms with Gasteiger partial charge in [-0.25, -0.2) is 14.6 Å². The zero-order chi connectivity index (χ0) is 40.1. The number of nitrogens with zero attached hydrogens (tertiary/aromatic N) is 2. The summed E-state index contributed by atoms with van der Waals surface area (Å²) in [7, 11) is 3.08. The van der Waals surface area contributed by atoms with Crippen LogP contribution in [0.3, 0.4) is 0 Å². The smallest absolute Gasteiger partial charge is 0.330 e. The number of aromatic nitrogens is 1. The number of carbonyl (C=O) groups excluding carboxylic acids is 4. The van der Waals surface area contributed by atoms with Gasteiger partial charge in [-0.2, -0.15) is 0 Å². The summed E-state index contributed by atoms with van der Waals surface area (Å²) in [5.74, 6) is -2.29. The van der Waals surface area contributed by atoms with E-state index < -0.39 is 59.5 Å². The molecule has 14 heteroatoms. The minimum atomic E-state index is -1.56. The molecule has 6 atom stereocenters. The molecule has 0 radical (unpaired) electrons. The summed E-state index contributed by atoms with van der Waals surface area (Å²) in [4.78, 5) is 73.5. The number of hydrogen-bond donors (Lipinski definition) is 5. The van der Waals surface area contributed by atoms with Gasteiger partial charge in [0.25, 0.3) is 0 Å². The number of amides is 5. The molecule has 2 aromatic carbocycles. The van der Waals surface area contributed by atoms with Crippen molar-refractivity contribution in [2.75, 3.05) is 20.7 Å². The van der Waals surface area contributed by atoms with E-state index in [1.807, 2.05) is 36.4 Å². The monoisotopic (exact) mass is 766 g/mol. The summed E-state index contributed by atoms with van der Waals surface area (Å²) < 4.78 is 12.1. The third kappa shape index (κ3) is 8.33. The number of aliphatic carboxylic acids is 1. The molecule has 296 valence electrons. The summed E-state index contributed by atoms with van der Waals surface area (Å²) in [6.07, 6.45) is 5.45. The second-order valence-electron chi connectivity index (χ2n) is 14.9. The number of benzene rings is 2. The summed E-state index contributed by atoms with van der Waals surface area (Å²) >= 11 is 0. The highest BCUT2D eigenvalue weighted by atomic mass is 16.5. The Morgan fingerprint density at radius 2 is 1.75 bits per heavy atom. The van der Waals surface area contributed by atoms with Gasteiger partial charge in [0.05, 0.1) is 24.9 Å². The largest absolute Gasteiger partial charge is 0.497 e. The molecule has 2 heterocycles. The lowest BCUT2D eigenvalue weighted by atomic mass is 9.83. The number of fused-ring (bicyclic) bond motifs is 1. The molecule has 1 saturated heterocycles. The van der Waals surface area contributed by atoms with Crippen molar-refractivity contribution < 1.29 is 38.6 Å². The molecule has 5 amide bonds. The molecule has 0 spiro atoms. The Hall–Kier alpha value is -5.92. The molecule has 3 fully saturated rings. The average Bonchev–Trinajstić information content (AvgIpc) is 3.77. The standard InChI is InChI=1S/C42H50N6O8/c1-6-27-22-42(27,40(52)53)47-41(54)48-23-29(56-34-21-31(25-13-9-7-10-14-25)44-32-19-28(55-5)17-18-30(32)34)20-33(48)37(49)45-35(24(2)3)39(51)46-36(38(50)43-4)26-15-11-8-12-16-26/h6-7,9-10,13-14,17-19,21,26-27,29,33,35-36H,1-2,8,11-12,15-16,20,22-23H2,3-5H3,(H,43,50)(H,45,49)(H,46,51)(H,47,54)(H,52,53)/t27?,29-,33-,35?,36-,42?/m0/s1. The van der Waals surface area contributed by atoms with Gasteiger partial charge < -0.3 is 40.7 Å². The van der Waals surface area contributed by atoms with Crippen LogP contribution in [-0.4, -0.2) is 95.2 Å². The minimum Gasteiger partial charge on any atom is -0.497 e. The maximum absolute atomic E-state index is 14.3. The lowest BCUT2D eigenvalue weighted by Gasteiger charge is -2.31. The Labute approximate surface area is 326 Å². The topological polar surface area (TPSA) is 188 Å². The Balaban J connectivity index is 1.28. The lowest BCUT2D eigenvalue weighted by molar-refractivity contribution is -0.140. The van der Waals surface area contributed by atoms with E-state index in [1.54, 1.807) is 32.2 Å². The summed E-state index contributed by atoms with van der Waals surface area (Å²) in [5.41, 5.74) is 0.847. The predicted molar refractivity (Wildman–Crippen MR) is 210 cm³/mol. The number of urea groups is 1. The van der Waals surface area contributed by atoms with Gasteiger partial charge in [0, 0.05) is 42.5 Å². The van der Waals surface area contributed by atoms with Gasteiger partial charge >= 0.3 is 12.0 Å². The van der Waals surface area contributed by atoms with Crippen LogP contribution in [0.4, 0.5) is 4.79 Å². The first-order valence-corrected chi connectivity index (χ1v) is 19.0. The number of methoxy groups -OCH3 is 1. The Kier molecular flexibility index (Phi) is 12.0. The Morgan fingerprint density at radius 1 is 1.02 bits per heavy atom. The molecule has 56 heavy (non-hydrogen) atoms. The molecule has 6 rings (SSSR count). The van der Waals surface area contributed by atoms with Crippen molar-refractivity contribution in [3.8, 4) is 22.8 Å². The van der Waals surface area contributed by atoms with Crippen molar-refractivity contribution in [1.82, 2.24) is 31.2 Å². The van der Waals surface area contributed by atoms with E-state index in [4.69, 9.17) is 14.5 Å². The van der Waals surface area contributed by atoms with E-state index in [0.29, 0.717) is 33.7 Å².